The number of aromatic nitrogens is 2. The summed E-state index contributed by atoms with van der Waals surface area (Å²) in [6.07, 6.45) is -0.609. The van der Waals surface area contributed by atoms with E-state index in [1.807, 2.05) is 33.8 Å². The van der Waals surface area contributed by atoms with Gasteiger partial charge in [-0.25, -0.2) is 13.8 Å². The molecule has 0 unspecified atom stereocenters. The molecule has 8 heteroatoms. The van der Waals surface area contributed by atoms with E-state index in [2.05, 4.69) is 9.38 Å². The lowest BCUT2D eigenvalue weighted by molar-refractivity contribution is -0.0891. The molecule has 0 bridgehead atoms. The first-order valence-corrected chi connectivity index (χ1v) is 10.3. The highest BCUT2D eigenvalue weighted by atomic mass is 32.2. The molecule has 1 fully saturated rings. The highest BCUT2D eigenvalue weighted by Crippen LogP contribution is 2.47. The molecular formula is C20H25F2N3O2S. The second-order valence-electron chi connectivity index (χ2n) is 8.54. The van der Waals surface area contributed by atoms with Gasteiger partial charge in [0.2, 0.25) is 5.92 Å². The summed E-state index contributed by atoms with van der Waals surface area (Å²) in [6.45, 7) is 9.08. The molecule has 0 saturated heterocycles. The highest BCUT2D eigenvalue weighted by molar-refractivity contribution is 7.91. The average Bonchev–Trinajstić information content (AvgIpc) is 2.54. The molecule has 1 aromatic heterocycles. The Bertz CT molecular complexity index is 1020. The Morgan fingerprint density at radius 3 is 2.50 bits per heavy atom. The Balaban J connectivity index is 2.19. The van der Waals surface area contributed by atoms with Crippen LogP contribution in [0.5, 0.6) is 0 Å². The van der Waals surface area contributed by atoms with Gasteiger partial charge in [0.15, 0.2) is 0 Å². The van der Waals surface area contributed by atoms with Gasteiger partial charge in [0, 0.05) is 31.4 Å². The van der Waals surface area contributed by atoms with Crippen LogP contribution in [0.25, 0.3) is 10.9 Å². The van der Waals surface area contributed by atoms with E-state index in [1.165, 1.54) is 4.57 Å². The van der Waals surface area contributed by atoms with Crippen LogP contribution in [0, 0.1) is 6.92 Å². The predicted molar refractivity (Wildman–Crippen MR) is 109 cm³/mol. The lowest BCUT2D eigenvalue weighted by Crippen LogP contribution is -2.37. The number of nitrogens with zero attached hydrogens (tertiary/aromatic N) is 3. The van der Waals surface area contributed by atoms with E-state index in [4.69, 9.17) is 0 Å². The Morgan fingerprint density at radius 2 is 1.96 bits per heavy atom. The minimum absolute atomic E-state index is 0.273. The number of hydrogen-bond donors (Lipinski definition) is 0. The third-order valence-corrected chi connectivity index (χ3v) is 6.44. The van der Waals surface area contributed by atoms with Crippen molar-refractivity contribution in [2.75, 3.05) is 0 Å². The molecule has 0 amide bonds. The van der Waals surface area contributed by atoms with E-state index in [0.717, 1.165) is 5.56 Å². The molecule has 1 atom stereocenters. The van der Waals surface area contributed by atoms with Crippen LogP contribution >= 0.6 is 0 Å². The minimum atomic E-state index is -2.70. The van der Waals surface area contributed by atoms with Crippen LogP contribution in [-0.4, -0.2) is 30.5 Å². The Labute approximate surface area is 166 Å². The van der Waals surface area contributed by atoms with Crippen LogP contribution in [0.1, 0.15) is 63.4 Å². The van der Waals surface area contributed by atoms with Crippen molar-refractivity contribution in [2.24, 2.45) is 11.4 Å². The van der Waals surface area contributed by atoms with Gasteiger partial charge in [0.1, 0.15) is 21.9 Å². The highest BCUT2D eigenvalue weighted by Gasteiger charge is 2.47. The summed E-state index contributed by atoms with van der Waals surface area (Å²) in [7, 11) is 1.57. The minimum Gasteiger partial charge on any atom is -0.591 e. The van der Waals surface area contributed by atoms with Crippen LogP contribution in [0.4, 0.5) is 8.78 Å². The van der Waals surface area contributed by atoms with Gasteiger partial charge in [-0.05, 0) is 52.3 Å². The summed E-state index contributed by atoms with van der Waals surface area (Å²) >= 11 is -1.46. The normalized spacial score (nSPS) is 19.0. The molecule has 3 rings (SSSR count). The molecule has 1 aromatic carbocycles. The molecule has 1 aliphatic carbocycles. The standard InChI is InChI=1S/C20H25F2N3O2S/c1-11-7-14(12(2)24-28(27)19(3,4)5)16-15(8-11)18(26)25(6)17(23-16)13-9-20(21,22)10-13/h7-8,13H,9-10H2,1-6H3/b24-12-/t28-/m1/s1. The lowest BCUT2D eigenvalue weighted by Gasteiger charge is -2.35. The zero-order valence-corrected chi connectivity index (χ0v) is 17.8. The van der Waals surface area contributed by atoms with E-state index < -0.39 is 27.9 Å². The van der Waals surface area contributed by atoms with E-state index in [-0.39, 0.29) is 18.4 Å². The number of hydrogen-bond acceptors (Lipinski definition) is 4. The first kappa shape index (κ1) is 20.9. The van der Waals surface area contributed by atoms with Gasteiger partial charge in [-0.3, -0.25) is 9.36 Å². The smallest absolute Gasteiger partial charge is 0.261 e. The first-order chi connectivity index (χ1) is 12.8. The van der Waals surface area contributed by atoms with Crippen LogP contribution < -0.4 is 5.56 Å². The molecule has 0 aliphatic heterocycles. The molecule has 2 aromatic rings. The molecule has 1 saturated carbocycles. The number of fused-ring (bicyclic) bond motifs is 1. The molecule has 28 heavy (non-hydrogen) atoms. The predicted octanol–water partition coefficient (Wildman–Crippen LogP) is 4.03. The van der Waals surface area contributed by atoms with E-state index in [0.29, 0.717) is 28.0 Å². The average molecular weight is 410 g/mol. The quantitative estimate of drug-likeness (QED) is 0.568. The van der Waals surface area contributed by atoms with Crippen LogP contribution in [0.2, 0.25) is 0 Å². The zero-order valence-electron chi connectivity index (χ0n) is 17.0. The van der Waals surface area contributed by atoms with Crippen molar-refractivity contribution in [2.45, 2.75) is 64.0 Å². The molecule has 0 radical (unpaired) electrons. The fourth-order valence-electron chi connectivity index (χ4n) is 3.33. The summed E-state index contributed by atoms with van der Waals surface area (Å²) in [5.41, 5.74) is 2.11. The van der Waals surface area contributed by atoms with Crippen LogP contribution in [0.15, 0.2) is 21.3 Å². The number of halogens is 2. The lowest BCUT2D eigenvalue weighted by atomic mass is 9.80. The van der Waals surface area contributed by atoms with Crippen molar-refractivity contribution >= 4 is 28.0 Å². The zero-order chi connectivity index (χ0) is 21.0. The maximum Gasteiger partial charge on any atom is 0.261 e. The third-order valence-electron chi connectivity index (χ3n) is 4.95. The number of rotatable bonds is 3. The van der Waals surface area contributed by atoms with Gasteiger partial charge in [0.25, 0.3) is 5.56 Å². The second-order valence-corrected chi connectivity index (χ2v) is 10.4. The summed E-state index contributed by atoms with van der Waals surface area (Å²) in [5, 5.41) is 0.406. The van der Waals surface area contributed by atoms with Crippen molar-refractivity contribution in [3.05, 3.63) is 39.4 Å². The SMILES string of the molecule is C/C(=N/[S@+]([O-])C(C)(C)C)c1cc(C)cc2c(=O)n(C)c(C3CC(F)(F)C3)nc12. The Morgan fingerprint density at radius 1 is 1.36 bits per heavy atom. The maximum absolute atomic E-state index is 13.4. The van der Waals surface area contributed by atoms with Crippen molar-refractivity contribution in [1.29, 1.82) is 0 Å². The van der Waals surface area contributed by atoms with Crippen molar-refractivity contribution < 1.29 is 13.3 Å². The Kier molecular flexibility index (Phi) is 5.17. The number of alkyl halides is 2. The second kappa shape index (κ2) is 6.91. The molecule has 5 nitrogen and oxygen atoms in total. The van der Waals surface area contributed by atoms with Gasteiger partial charge < -0.3 is 4.55 Å². The summed E-state index contributed by atoms with van der Waals surface area (Å²) in [6, 6.07) is 3.58. The van der Waals surface area contributed by atoms with Gasteiger partial charge in [-0.2, -0.15) is 0 Å². The van der Waals surface area contributed by atoms with Crippen molar-refractivity contribution in [3.63, 3.8) is 0 Å². The molecule has 0 N–H and O–H groups in total. The van der Waals surface area contributed by atoms with Crippen molar-refractivity contribution in [3.8, 4) is 0 Å². The topological polar surface area (TPSA) is 70.3 Å². The summed E-state index contributed by atoms with van der Waals surface area (Å²) < 4.78 is 44.3. The Hall–Kier alpha value is -1.80. The fraction of sp³-hybridized carbons (Fsp3) is 0.550. The molecular weight excluding hydrogens is 384 g/mol. The van der Waals surface area contributed by atoms with Crippen LogP contribution in [0.3, 0.4) is 0 Å². The summed E-state index contributed by atoms with van der Waals surface area (Å²) in [4.78, 5) is 17.5. The van der Waals surface area contributed by atoms with E-state index in [9.17, 15) is 18.1 Å². The molecule has 1 aliphatic rings. The molecule has 1 heterocycles. The van der Waals surface area contributed by atoms with Gasteiger partial charge >= 0.3 is 0 Å². The number of benzene rings is 1. The first-order valence-electron chi connectivity index (χ1n) is 9.17. The van der Waals surface area contributed by atoms with Gasteiger partial charge in [-0.15, -0.1) is 0 Å². The van der Waals surface area contributed by atoms with E-state index >= 15 is 0 Å². The monoisotopic (exact) mass is 409 g/mol. The fourth-order valence-corrected chi connectivity index (χ4v) is 3.95. The van der Waals surface area contributed by atoms with E-state index in [1.54, 1.807) is 20.0 Å². The van der Waals surface area contributed by atoms with Crippen LogP contribution in [-0.2, 0) is 18.4 Å². The van der Waals surface area contributed by atoms with Gasteiger partial charge in [-0.1, -0.05) is 4.40 Å². The largest absolute Gasteiger partial charge is 0.591 e. The maximum atomic E-state index is 13.4. The summed E-state index contributed by atoms with van der Waals surface area (Å²) in [5.74, 6) is -2.79. The molecule has 152 valence electrons. The third kappa shape index (κ3) is 3.85. The van der Waals surface area contributed by atoms with Gasteiger partial charge in [0.05, 0.1) is 16.6 Å². The molecule has 0 spiro atoms. The number of aryl methyl sites for hydroxylation is 1. The van der Waals surface area contributed by atoms with Crippen molar-refractivity contribution in [1.82, 2.24) is 9.55 Å².